The van der Waals surface area contributed by atoms with Gasteiger partial charge in [-0.2, -0.15) is 0 Å². The van der Waals surface area contributed by atoms with E-state index in [9.17, 15) is 12.6 Å². The monoisotopic (exact) mass is 274 g/mol. The van der Waals surface area contributed by atoms with Crippen LogP contribution in [0.1, 0.15) is 0 Å². The molecule has 0 aliphatic rings. The first-order valence-corrected chi connectivity index (χ1v) is 8.27. The zero-order valence-electron chi connectivity index (χ0n) is 8.76. The second-order valence-corrected chi connectivity index (χ2v) is 8.48. The van der Waals surface area contributed by atoms with Gasteiger partial charge in [0.15, 0.2) is 0 Å². The molecule has 0 radical (unpaired) electrons. The van der Waals surface area contributed by atoms with Crippen LogP contribution in [0.4, 0.5) is 12.6 Å². The standard InChI is InChI=1S/C12H10F3PS/c13-16(14,15,11-7-3-1-4-8-11)17-12-9-5-2-6-10-12/h1-10H. The van der Waals surface area contributed by atoms with Crippen LogP contribution >= 0.6 is 18.1 Å². The van der Waals surface area contributed by atoms with Crippen molar-refractivity contribution in [2.45, 2.75) is 4.90 Å². The Bertz CT molecular complexity index is 493. The van der Waals surface area contributed by atoms with Gasteiger partial charge in [-0.1, -0.05) is 0 Å². The molecule has 0 heterocycles. The summed E-state index contributed by atoms with van der Waals surface area (Å²) < 4.78 is 41.9. The summed E-state index contributed by atoms with van der Waals surface area (Å²) in [5.41, 5.74) is 0. The molecule has 0 fully saturated rings. The van der Waals surface area contributed by atoms with Crippen molar-refractivity contribution in [3.63, 3.8) is 0 Å². The third-order valence-electron chi connectivity index (χ3n) is 2.15. The molecule has 0 saturated heterocycles. The zero-order valence-corrected chi connectivity index (χ0v) is 10.5. The van der Waals surface area contributed by atoms with Crippen LogP contribution < -0.4 is 5.30 Å². The number of benzene rings is 2. The molecule has 2 rings (SSSR count). The Hall–Kier alpha value is -0.990. The molecular formula is C12H10F3PS. The van der Waals surface area contributed by atoms with Crippen molar-refractivity contribution in [3.8, 4) is 0 Å². The van der Waals surface area contributed by atoms with Gasteiger partial charge in [-0.05, 0) is 0 Å². The Labute approximate surface area is 102 Å². The molecule has 2 aromatic carbocycles. The van der Waals surface area contributed by atoms with Gasteiger partial charge in [0.05, 0.1) is 0 Å². The van der Waals surface area contributed by atoms with Gasteiger partial charge in [0.2, 0.25) is 0 Å². The quantitative estimate of drug-likeness (QED) is 0.691. The number of rotatable bonds is 3. The van der Waals surface area contributed by atoms with Crippen molar-refractivity contribution in [1.29, 1.82) is 0 Å². The van der Waals surface area contributed by atoms with Gasteiger partial charge >= 0.3 is 102 Å². The van der Waals surface area contributed by atoms with E-state index in [0.717, 1.165) is 12.1 Å². The van der Waals surface area contributed by atoms with E-state index >= 15 is 0 Å². The van der Waals surface area contributed by atoms with Crippen molar-refractivity contribution in [3.05, 3.63) is 60.7 Å². The fourth-order valence-corrected chi connectivity index (χ4v) is 4.80. The van der Waals surface area contributed by atoms with Gasteiger partial charge in [-0.3, -0.25) is 0 Å². The molecule has 2 aromatic rings. The molecule has 0 spiro atoms. The summed E-state index contributed by atoms with van der Waals surface area (Å²) in [4.78, 5) is 0.238. The van der Waals surface area contributed by atoms with E-state index in [2.05, 4.69) is 0 Å². The fraction of sp³-hybridized carbons (Fsp3) is 0. The van der Waals surface area contributed by atoms with Crippen LogP contribution in [0.15, 0.2) is 65.6 Å². The van der Waals surface area contributed by atoms with Gasteiger partial charge < -0.3 is 0 Å². The van der Waals surface area contributed by atoms with Gasteiger partial charge in [0, 0.05) is 0 Å². The Morgan fingerprint density at radius 1 is 0.706 bits per heavy atom. The molecule has 0 aliphatic heterocycles. The minimum atomic E-state index is -6.38. The average molecular weight is 274 g/mol. The molecule has 5 heteroatoms. The third-order valence-corrected chi connectivity index (χ3v) is 6.19. The summed E-state index contributed by atoms with van der Waals surface area (Å²) in [5, 5.41) is -0.521. The summed E-state index contributed by atoms with van der Waals surface area (Å²) in [6.07, 6.45) is 0. The molecule has 0 nitrogen and oxygen atoms in total. The van der Waals surface area contributed by atoms with Gasteiger partial charge in [-0.15, -0.1) is 0 Å². The average Bonchev–Trinajstić information content (AvgIpc) is 2.30. The molecule has 0 bridgehead atoms. The van der Waals surface area contributed by atoms with E-state index in [0.29, 0.717) is 0 Å². The van der Waals surface area contributed by atoms with Crippen molar-refractivity contribution >= 4 is 23.4 Å². The normalized spacial score (nSPS) is 13.9. The number of hydrogen-bond acceptors (Lipinski definition) is 1. The van der Waals surface area contributed by atoms with Crippen LogP contribution in [0, 0.1) is 0 Å². The van der Waals surface area contributed by atoms with Crippen molar-refractivity contribution in [2.75, 3.05) is 0 Å². The van der Waals surface area contributed by atoms with E-state index in [4.69, 9.17) is 0 Å². The Morgan fingerprint density at radius 3 is 1.71 bits per heavy atom. The van der Waals surface area contributed by atoms with Crippen LogP contribution in [0.5, 0.6) is 0 Å². The van der Waals surface area contributed by atoms with Crippen LogP contribution in [0.3, 0.4) is 0 Å². The predicted octanol–water partition coefficient (Wildman–Crippen LogP) is 5.23. The second kappa shape index (κ2) is 4.35. The maximum absolute atomic E-state index is 14.0. The molecule has 0 aromatic heterocycles. The second-order valence-electron chi connectivity index (χ2n) is 3.48. The molecule has 17 heavy (non-hydrogen) atoms. The molecule has 0 atom stereocenters. The van der Waals surface area contributed by atoms with Crippen molar-refractivity contribution in [2.24, 2.45) is 0 Å². The molecule has 0 amide bonds. The molecule has 0 unspecified atom stereocenters. The summed E-state index contributed by atoms with van der Waals surface area (Å²) in [6.45, 7) is -6.38. The first kappa shape index (κ1) is 12.5. The van der Waals surface area contributed by atoms with Crippen molar-refractivity contribution < 1.29 is 12.6 Å². The fourth-order valence-electron chi connectivity index (χ4n) is 1.36. The first-order chi connectivity index (χ1) is 7.96. The van der Waals surface area contributed by atoms with Crippen molar-refractivity contribution in [1.82, 2.24) is 0 Å². The van der Waals surface area contributed by atoms with E-state index < -0.39 is 12.0 Å². The summed E-state index contributed by atoms with van der Waals surface area (Å²) in [7, 11) is 0. The topological polar surface area (TPSA) is 0 Å². The molecule has 0 N–H and O–H groups in total. The molecular weight excluding hydrogens is 264 g/mol. The first-order valence-electron chi connectivity index (χ1n) is 4.94. The summed E-state index contributed by atoms with van der Waals surface area (Å²) in [5.74, 6) is 0. The Morgan fingerprint density at radius 2 is 1.18 bits per heavy atom. The molecule has 0 aliphatic carbocycles. The summed E-state index contributed by atoms with van der Waals surface area (Å²) >= 11 is 0.0319. The van der Waals surface area contributed by atoms with E-state index in [1.54, 1.807) is 24.3 Å². The van der Waals surface area contributed by atoms with Crippen LogP contribution in [-0.2, 0) is 0 Å². The van der Waals surface area contributed by atoms with Crippen LogP contribution in [-0.4, -0.2) is 0 Å². The van der Waals surface area contributed by atoms with E-state index in [-0.39, 0.29) is 16.3 Å². The van der Waals surface area contributed by atoms with E-state index in [1.807, 2.05) is 0 Å². The van der Waals surface area contributed by atoms with E-state index in [1.165, 1.54) is 24.3 Å². The number of halogens is 3. The van der Waals surface area contributed by atoms with Crippen LogP contribution in [0.2, 0.25) is 0 Å². The Kier molecular flexibility index (Phi) is 3.19. The SMILES string of the molecule is FP(F)(F)(Sc1ccccc1)c1ccccc1. The number of hydrogen-bond donors (Lipinski definition) is 0. The van der Waals surface area contributed by atoms with Crippen LogP contribution in [0.25, 0.3) is 0 Å². The van der Waals surface area contributed by atoms with Gasteiger partial charge in [0.1, 0.15) is 0 Å². The molecule has 90 valence electrons. The summed E-state index contributed by atoms with van der Waals surface area (Å²) in [6, 6.07) is 14.6. The van der Waals surface area contributed by atoms with Gasteiger partial charge in [0.25, 0.3) is 0 Å². The maximum atomic E-state index is 14.0. The third kappa shape index (κ3) is 3.02. The molecule has 0 saturated carbocycles. The zero-order chi connectivity index (χ0) is 12.4. The Balaban J connectivity index is 2.35. The predicted molar refractivity (Wildman–Crippen MR) is 68.6 cm³/mol. The minimum absolute atomic E-state index is 0.0319. The van der Waals surface area contributed by atoms with Gasteiger partial charge in [-0.25, -0.2) is 0 Å².